The monoisotopic (exact) mass is 334 g/mol. The number of carbonyl (C=O) groups is 2. The fourth-order valence-electron chi connectivity index (χ4n) is 2.37. The summed E-state index contributed by atoms with van der Waals surface area (Å²) in [4.78, 5) is 25.6. The maximum atomic E-state index is 12.1. The number of benzene rings is 1. The highest BCUT2D eigenvalue weighted by molar-refractivity contribution is 8.01. The SMILES string of the molecule is Cc1ccc(S/N=C2/C(=O)N3C(C(=O)O)=CCS[C@H]23)c(C)c1. The Bertz CT molecular complexity index is 727. The number of amides is 1. The van der Waals surface area contributed by atoms with Gasteiger partial charge in [0.15, 0.2) is 0 Å². The number of β-lactam (4-membered cyclic amide) rings is 1. The molecule has 7 heteroatoms. The lowest BCUT2D eigenvalue weighted by atomic mass is 10.1. The zero-order valence-electron chi connectivity index (χ0n) is 12.1. The van der Waals surface area contributed by atoms with E-state index in [1.807, 2.05) is 26.0 Å². The van der Waals surface area contributed by atoms with E-state index in [1.165, 1.54) is 34.2 Å². The summed E-state index contributed by atoms with van der Waals surface area (Å²) >= 11 is 2.78. The van der Waals surface area contributed by atoms with E-state index in [1.54, 1.807) is 6.08 Å². The van der Waals surface area contributed by atoms with Crippen LogP contribution in [0.1, 0.15) is 11.1 Å². The molecule has 1 atom stereocenters. The maximum Gasteiger partial charge on any atom is 0.352 e. The van der Waals surface area contributed by atoms with Gasteiger partial charge in [0.2, 0.25) is 0 Å². The minimum absolute atomic E-state index is 0.0595. The van der Waals surface area contributed by atoms with E-state index in [2.05, 4.69) is 10.5 Å². The highest BCUT2D eigenvalue weighted by Crippen LogP contribution is 2.37. The van der Waals surface area contributed by atoms with Gasteiger partial charge in [-0.2, -0.15) is 0 Å². The van der Waals surface area contributed by atoms with Crippen molar-refractivity contribution in [3.05, 3.63) is 41.1 Å². The predicted octanol–water partition coefficient (Wildman–Crippen LogP) is 2.64. The zero-order valence-corrected chi connectivity index (χ0v) is 13.7. The Morgan fingerprint density at radius 1 is 1.45 bits per heavy atom. The van der Waals surface area contributed by atoms with E-state index in [9.17, 15) is 9.59 Å². The second-order valence-electron chi connectivity index (χ2n) is 5.09. The number of thioether (sulfide) groups is 1. The molecular weight excluding hydrogens is 320 g/mol. The average Bonchev–Trinajstić information content (AvgIpc) is 2.48. The Hall–Kier alpha value is -1.73. The number of carbonyl (C=O) groups excluding carboxylic acids is 1. The van der Waals surface area contributed by atoms with Crippen molar-refractivity contribution in [2.75, 3.05) is 5.75 Å². The van der Waals surface area contributed by atoms with Crippen molar-refractivity contribution in [1.82, 2.24) is 4.90 Å². The first-order chi connectivity index (χ1) is 10.5. The summed E-state index contributed by atoms with van der Waals surface area (Å²) in [7, 11) is 0. The Kier molecular flexibility index (Phi) is 4.01. The number of nitrogens with zero attached hydrogens (tertiary/aromatic N) is 2. The van der Waals surface area contributed by atoms with E-state index < -0.39 is 5.97 Å². The number of hydrogen-bond acceptors (Lipinski definition) is 5. The van der Waals surface area contributed by atoms with Crippen LogP contribution >= 0.6 is 23.7 Å². The summed E-state index contributed by atoms with van der Waals surface area (Å²) < 4.78 is 4.35. The summed E-state index contributed by atoms with van der Waals surface area (Å²) in [6.45, 7) is 4.03. The molecule has 114 valence electrons. The van der Waals surface area contributed by atoms with Gasteiger partial charge in [-0.05, 0) is 31.6 Å². The quantitative estimate of drug-likeness (QED) is 0.680. The lowest BCUT2D eigenvalue weighted by Gasteiger charge is -2.42. The molecule has 1 saturated heterocycles. The van der Waals surface area contributed by atoms with Crippen molar-refractivity contribution in [3.63, 3.8) is 0 Å². The number of rotatable bonds is 3. The smallest absolute Gasteiger partial charge is 0.352 e. The molecule has 22 heavy (non-hydrogen) atoms. The molecule has 1 amide bonds. The van der Waals surface area contributed by atoms with Crippen molar-refractivity contribution in [3.8, 4) is 0 Å². The number of carboxylic acids is 1. The van der Waals surface area contributed by atoms with E-state index in [0.717, 1.165) is 10.5 Å². The van der Waals surface area contributed by atoms with Crippen LogP contribution in [0.3, 0.4) is 0 Å². The van der Waals surface area contributed by atoms with Crippen molar-refractivity contribution in [1.29, 1.82) is 0 Å². The van der Waals surface area contributed by atoms with Crippen molar-refractivity contribution < 1.29 is 14.7 Å². The van der Waals surface area contributed by atoms with Gasteiger partial charge >= 0.3 is 5.97 Å². The Labute approximate surface area is 136 Å². The number of hydrogen-bond donors (Lipinski definition) is 1. The minimum Gasteiger partial charge on any atom is -0.477 e. The van der Waals surface area contributed by atoms with Crippen molar-refractivity contribution in [2.45, 2.75) is 24.1 Å². The maximum absolute atomic E-state index is 12.1. The van der Waals surface area contributed by atoms with Crippen LogP contribution in [-0.4, -0.2) is 38.7 Å². The van der Waals surface area contributed by atoms with Gasteiger partial charge in [0.05, 0.1) is 0 Å². The van der Waals surface area contributed by atoms with E-state index in [-0.39, 0.29) is 17.0 Å². The molecule has 0 bridgehead atoms. The molecule has 1 N–H and O–H groups in total. The van der Waals surface area contributed by atoms with E-state index in [4.69, 9.17) is 5.11 Å². The summed E-state index contributed by atoms with van der Waals surface area (Å²) in [6, 6.07) is 6.06. The Morgan fingerprint density at radius 3 is 2.91 bits per heavy atom. The average molecular weight is 334 g/mol. The predicted molar refractivity (Wildman–Crippen MR) is 88.0 cm³/mol. The van der Waals surface area contributed by atoms with Gasteiger partial charge < -0.3 is 5.11 Å². The molecule has 3 rings (SSSR count). The first-order valence-electron chi connectivity index (χ1n) is 6.70. The van der Waals surface area contributed by atoms with Crippen molar-refractivity contribution >= 4 is 41.3 Å². The molecule has 0 saturated carbocycles. The van der Waals surface area contributed by atoms with Gasteiger partial charge in [0, 0.05) is 22.6 Å². The van der Waals surface area contributed by atoms with Gasteiger partial charge in [-0.1, -0.05) is 17.7 Å². The Morgan fingerprint density at radius 2 is 2.23 bits per heavy atom. The fraction of sp³-hybridized carbons (Fsp3) is 0.267. The molecule has 1 aromatic carbocycles. The third-order valence-corrected chi connectivity index (χ3v) is 5.54. The van der Waals surface area contributed by atoms with Crippen LogP contribution in [0.25, 0.3) is 0 Å². The van der Waals surface area contributed by atoms with Crippen LogP contribution in [-0.2, 0) is 9.59 Å². The van der Waals surface area contributed by atoms with Crippen molar-refractivity contribution in [2.24, 2.45) is 4.40 Å². The third-order valence-electron chi connectivity index (χ3n) is 3.49. The molecule has 0 aromatic heterocycles. The standard InChI is InChI=1S/C15H14N2O3S2/c1-8-3-4-11(9(2)7-8)22-16-12-13(18)17-10(15(19)20)5-6-21-14(12)17/h3-5,7,14H,6H2,1-2H3,(H,19,20)/b16-12-/t14-/m1/s1. The number of aliphatic carboxylic acids is 1. The molecule has 0 unspecified atom stereocenters. The van der Waals surface area contributed by atoms with E-state index in [0.29, 0.717) is 11.5 Å². The number of aryl methyl sites for hydroxylation is 2. The first-order valence-corrected chi connectivity index (χ1v) is 8.52. The van der Waals surface area contributed by atoms with Gasteiger partial charge in [-0.25, -0.2) is 9.19 Å². The van der Waals surface area contributed by atoms with Crippen LogP contribution in [0.15, 0.2) is 39.3 Å². The number of carboxylic acid groups (broad SMARTS) is 1. The first kappa shape index (κ1) is 15.2. The molecule has 0 spiro atoms. The van der Waals surface area contributed by atoms with Crippen LogP contribution in [0.5, 0.6) is 0 Å². The van der Waals surface area contributed by atoms with Gasteiger partial charge in [-0.3, -0.25) is 9.69 Å². The molecule has 2 aliphatic rings. The summed E-state index contributed by atoms with van der Waals surface area (Å²) in [6.07, 6.45) is 1.56. The van der Waals surface area contributed by atoms with Crippen LogP contribution in [0, 0.1) is 13.8 Å². The van der Waals surface area contributed by atoms with Gasteiger partial charge in [0.1, 0.15) is 16.8 Å². The molecule has 5 nitrogen and oxygen atoms in total. The normalized spacial score (nSPS) is 22.2. The molecule has 0 radical (unpaired) electrons. The van der Waals surface area contributed by atoms with Crippen LogP contribution in [0.4, 0.5) is 0 Å². The molecule has 0 aliphatic carbocycles. The summed E-state index contributed by atoms with van der Waals surface area (Å²) in [5.41, 5.74) is 2.78. The molecule has 1 aromatic rings. The molecular formula is C15H14N2O3S2. The van der Waals surface area contributed by atoms with Gasteiger partial charge in [0.25, 0.3) is 5.91 Å². The lowest BCUT2D eigenvalue weighted by molar-refractivity contribution is -0.139. The van der Waals surface area contributed by atoms with E-state index >= 15 is 0 Å². The minimum atomic E-state index is -1.07. The highest BCUT2D eigenvalue weighted by atomic mass is 32.2. The molecule has 2 aliphatic heterocycles. The largest absolute Gasteiger partial charge is 0.477 e. The fourth-order valence-corrected chi connectivity index (χ4v) is 4.25. The second-order valence-corrected chi connectivity index (χ2v) is 7.01. The highest BCUT2D eigenvalue weighted by Gasteiger charge is 2.49. The third kappa shape index (κ3) is 2.55. The Balaban J connectivity index is 1.79. The summed E-state index contributed by atoms with van der Waals surface area (Å²) in [5, 5.41) is 8.84. The summed E-state index contributed by atoms with van der Waals surface area (Å²) in [5.74, 6) is -0.814. The van der Waals surface area contributed by atoms with Crippen LogP contribution < -0.4 is 0 Å². The van der Waals surface area contributed by atoms with Crippen LogP contribution in [0.2, 0.25) is 0 Å². The topological polar surface area (TPSA) is 70.0 Å². The number of fused-ring (bicyclic) bond motifs is 1. The zero-order chi connectivity index (χ0) is 15.9. The molecule has 1 fully saturated rings. The molecule has 2 heterocycles. The second kappa shape index (κ2) is 5.81. The lowest BCUT2D eigenvalue weighted by Crippen LogP contribution is -2.61. The van der Waals surface area contributed by atoms with Gasteiger partial charge in [-0.15, -0.1) is 11.8 Å².